The van der Waals surface area contributed by atoms with Crippen LogP contribution in [0.1, 0.15) is 51.0 Å². The Morgan fingerprint density at radius 3 is 2.32 bits per heavy atom. The lowest BCUT2D eigenvalue weighted by molar-refractivity contribution is 0.0741. The molecule has 1 atom stereocenters. The number of hydrogen-bond acceptors (Lipinski definition) is 2. The van der Waals surface area contributed by atoms with E-state index in [-0.39, 0.29) is 0 Å². The second-order valence-corrected chi connectivity index (χ2v) is 7.24. The maximum absolute atomic E-state index is 2.77. The summed E-state index contributed by atoms with van der Waals surface area (Å²) in [5.41, 5.74) is 1.48. The lowest BCUT2D eigenvalue weighted by atomic mass is 9.97. The van der Waals surface area contributed by atoms with Gasteiger partial charge >= 0.3 is 0 Å². The van der Waals surface area contributed by atoms with Crippen molar-refractivity contribution in [1.29, 1.82) is 0 Å². The van der Waals surface area contributed by atoms with Gasteiger partial charge < -0.3 is 9.80 Å². The zero-order valence-corrected chi connectivity index (χ0v) is 14.2. The molecule has 2 heterocycles. The molecule has 2 nitrogen and oxygen atoms in total. The number of piperidine rings is 2. The molecule has 0 aliphatic carbocycles. The van der Waals surface area contributed by atoms with E-state index in [2.05, 4.69) is 47.1 Å². The van der Waals surface area contributed by atoms with Gasteiger partial charge in [0.2, 0.25) is 0 Å². The monoisotopic (exact) mass is 300 g/mol. The van der Waals surface area contributed by atoms with Crippen LogP contribution in [0.4, 0.5) is 0 Å². The maximum atomic E-state index is 2.77. The fraction of sp³-hybridized carbons (Fsp3) is 0.700. The number of benzene rings is 1. The summed E-state index contributed by atoms with van der Waals surface area (Å²) < 4.78 is 0. The standard InChI is InChI=1S/C20H32N2/c1-18(10-11-19-8-4-2-5-9-19)21-16-12-20(13-17-21)22-14-6-3-7-15-22/h2,4-5,8-9,18,20H,3,6-7,10-17H2,1H3/t18-/m0/s1. The predicted molar refractivity (Wildman–Crippen MR) is 94.2 cm³/mol. The Morgan fingerprint density at radius 1 is 0.955 bits per heavy atom. The Labute approximate surface area is 136 Å². The van der Waals surface area contributed by atoms with E-state index in [0.717, 1.165) is 12.1 Å². The lowest BCUT2D eigenvalue weighted by Crippen LogP contribution is -2.48. The van der Waals surface area contributed by atoms with Crippen molar-refractivity contribution in [2.24, 2.45) is 0 Å². The second kappa shape index (κ2) is 8.12. The van der Waals surface area contributed by atoms with Crippen molar-refractivity contribution in [3.63, 3.8) is 0 Å². The van der Waals surface area contributed by atoms with Gasteiger partial charge in [0.05, 0.1) is 0 Å². The smallest absolute Gasteiger partial charge is 0.0120 e. The van der Waals surface area contributed by atoms with Crippen molar-refractivity contribution >= 4 is 0 Å². The summed E-state index contributed by atoms with van der Waals surface area (Å²) in [7, 11) is 0. The summed E-state index contributed by atoms with van der Waals surface area (Å²) in [6, 6.07) is 12.5. The van der Waals surface area contributed by atoms with E-state index in [1.807, 2.05) is 0 Å². The first-order chi connectivity index (χ1) is 10.8. The van der Waals surface area contributed by atoms with Crippen LogP contribution in [0, 0.1) is 0 Å². The number of nitrogens with zero attached hydrogens (tertiary/aromatic N) is 2. The SMILES string of the molecule is C[C@@H](CCc1ccccc1)N1CCC(N2CCCCC2)CC1. The van der Waals surface area contributed by atoms with Crippen molar-refractivity contribution in [3.05, 3.63) is 35.9 Å². The maximum Gasteiger partial charge on any atom is 0.0120 e. The molecular formula is C20H32N2. The molecule has 2 saturated heterocycles. The van der Waals surface area contributed by atoms with Crippen LogP contribution in [0.15, 0.2) is 30.3 Å². The van der Waals surface area contributed by atoms with Crippen molar-refractivity contribution in [2.45, 2.75) is 64.0 Å². The lowest BCUT2D eigenvalue weighted by Gasteiger charge is -2.42. The molecule has 2 aliphatic heterocycles. The van der Waals surface area contributed by atoms with Gasteiger partial charge in [0.1, 0.15) is 0 Å². The summed E-state index contributed by atoms with van der Waals surface area (Å²) in [4.78, 5) is 5.50. The van der Waals surface area contributed by atoms with Crippen molar-refractivity contribution in [3.8, 4) is 0 Å². The number of rotatable bonds is 5. The molecule has 0 N–H and O–H groups in total. The van der Waals surface area contributed by atoms with Crippen molar-refractivity contribution in [2.75, 3.05) is 26.2 Å². The molecule has 0 aromatic heterocycles. The molecule has 2 fully saturated rings. The van der Waals surface area contributed by atoms with E-state index >= 15 is 0 Å². The first-order valence-corrected chi connectivity index (χ1v) is 9.35. The minimum Gasteiger partial charge on any atom is -0.301 e. The predicted octanol–water partition coefficient (Wildman–Crippen LogP) is 3.96. The first kappa shape index (κ1) is 16.0. The van der Waals surface area contributed by atoms with Crippen LogP contribution in [0.25, 0.3) is 0 Å². The minimum atomic E-state index is 0.725. The van der Waals surface area contributed by atoms with Gasteiger partial charge in [-0.3, -0.25) is 0 Å². The normalized spacial score (nSPS) is 23.5. The molecule has 1 aromatic carbocycles. The van der Waals surface area contributed by atoms with Gasteiger partial charge in [-0.25, -0.2) is 0 Å². The molecule has 3 rings (SSSR count). The summed E-state index contributed by atoms with van der Waals surface area (Å²) in [6.45, 7) is 7.74. The fourth-order valence-corrected chi connectivity index (χ4v) is 4.18. The third-order valence-corrected chi connectivity index (χ3v) is 5.72. The molecule has 0 radical (unpaired) electrons. The van der Waals surface area contributed by atoms with Gasteiger partial charge in [0.25, 0.3) is 0 Å². The highest BCUT2D eigenvalue weighted by Crippen LogP contribution is 2.23. The molecule has 0 spiro atoms. The van der Waals surface area contributed by atoms with E-state index in [0.29, 0.717) is 0 Å². The summed E-state index contributed by atoms with van der Waals surface area (Å²) >= 11 is 0. The number of aryl methyl sites for hydroxylation is 1. The van der Waals surface area contributed by atoms with Crippen LogP contribution < -0.4 is 0 Å². The van der Waals surface area contributed by atoms with Crippen molar-refractivity contribution in [1.82, 2.24) is 9.80 Å². The summed E-state index contributed by atoms with van der Waals surface area (Å²) in [6.07, 6.45) is 9.57. The molecule has 0 bridgehead atoms. The highest BCUT2D eigenvalue weighted by atomic mass is 15.2. The molecular weight excluding hydrogens is 268 g/mol. The Morgan fingerprint density at radius 2 is 1.64 bits per heavy atom. The number of hydrogen-bond donors (Lipinski definition) is 0. The Balaban J connectivity index is 1.40. The number of likely N-dealkylation sites (tertiary alicyclic amines) is 2. The zero-order chi connectivity index (χ0) is 15.2. The van der Waals surface area contributed by atoms with Crippen molar-refractivity contribution < 1.29 is 0 Å². The van der Waals surface area contributed by atoms with E-state index < -0.39 is 0 Å². The van der Waals surface area contributed by atoms with E-state index in [4.69, 9.17) is 0 Å². The molecule has 2 aliphatic rings. The van der Waals surface area contributed by atoms with Crippen LogP contribution in [0.2, 0.25) is 0 Å². The third-order valence-electron chi connectivity index (χ3n) is 5.72. The average molecular weight is 300 g/mol. The average Bonchev–Trinajstić information content (AvgIpc) is 2.61. The van der Waals surface area contributed by atoms with E-state index in [1.165, 1.54) is 76.7 Å². The molecule has 0 unspecified atom stereocenters. The van der Waals surface area contributed by atoms with Gasteiger partial charge in [-0.15, -0.1) is 0 Å². The Hall–Kier alpha value is -0.860. The van der Waals surface area contributed by atoms with Crippen LogP contribution in [-0.4, -0.2) is 48.1 Å². The largest absolute Gasteiger partial charge is 0.301 e. The van der Waals surface area contributed by atoms with Crippen LogP contribution in [0.5, 0.6) is 0 Å². The Bertz CT molecular complexity index is 417. The van der Waals surface area contributed by atoms with Gasteiger partial charge in [-0.2, -0.15) is 0 Å². The summed E-state index contributed by atoms with van der Waals surface area (Å²) in [5.74, 6) is 0. The zero-order valence-electron chi connectivity index (χ0n) is 14.2. The Kier molecular flexibility index (Phi) is 5.91. The molecule has 0 amide bonds. The van der Waals surface area contributed by atoms with Gasteiger partial charge in [-0.1, -0.05) is 36.8 Å². The van der Waals surface area contributed by atoms with Crippen LogP contribution in [0.3, 0.4) is 0 Å². The topological polar surface area (TPSA) is 6.48 Å². The first-order valence-electron chi connectivity index (χ1n) is 9.35. The second-order valence-electron chi connectivity index (χ2n) is 7.24. The highest BCUT2D eigenvalue weighted by molar-refractivity contribution is 5.14. The molecule has 1 aromatic rings. The van der Waals surface area contributed by atoms with E-state index in [9.17, 15) is 0 Å². The fourth-order valence-electron chi connectivity index (χ4n) is 4.18. The molecule has 0 saturated carbocycles. The van der Waals surface area contributed by atoms with E-state index in [1.54, 1.807) is 0 Å². The molecule has 2 heteroatoms. The molecule has 22 heavy (non-hydrogen) atoms. The highest BCUT2D eigenvalue weighted by Gasteiger charge is 2.27. The van der Waals surface area contributed by atoms with Crippen LogP contribution >= 0.6 is 0 Å². The van der Waals surface area contributed by atoms with Gasteiger partial charge in [0, 0.05) is 12.1 Å². The van der Waals surface area contributed by atoms with Crippen LogP contribution in [-0.2, 0) is 6.42 Å². The third kappa shape index (κ3) is 4.33. The molecule has 122 valence electrons. The van der Waals surface area contributed by atoms with Gasteiger partial charge in [0.15, 0.2) is 0 Å². The quantitative estimate of drug-likeness (QED) is 0.812. The minimum absolute atomic E-state index is 0.725. The van der Waals surface area contributed by atoms with Gasteiger partial charge in [-0.05, 0) is 77.2 Å². The summed E-state index contributed by atoms with van der Waals surface area (Å²) in [5, 5.41) is 0.